The van der Waals surface area contributed by atoms with E-state index in [2.05, 4.69) is 25.7 Å². The molecule has 0 bridgehead atoms. The van der Waals surface area contributed by atoms with E-state index in [1.165, 1.54) is 7.11 Å². The van der Waals surface area contributed by atoms with Crippen molar-refractivity contribution < 1.29 is 27.8 Å². The van der Waals surface area contributed by atoms with Crippen LogP contribution in [0.1, 0.15) is 11.4 Å². The maximum atomic E-state index is 12.2. The van der Waals surface area contributed by atoms with Crippen LogP contribution in [0.25, 0.3) is 0 Å². The lowest BCUT2D eigenvalue weighted by atomic mass is 10.2. The van der Waals surface area contributed by atoms with Crippen LogP contribution in [0.3, 0.4) is 0 Å². The second kappa shape index (κ2) is 5.54. The first kappa shape index (κ1) is 14.0. The van der Waals surface area contributed by atoms with E-state index in [9.17, 15) is 13.2 Å². The smallest absolute Gasteiger partial charge is 0.491 e. The van der Waals surface area contributed by atoms with Crippen molar-refractivity contribution in [1.82, 2.24) is 4.98 Å². The number of rotatable bonds is 4. The van der Waals surface area contributed by atoms with Gasteiger partial charge in [0.15, 0.2) is 11.5 Å². The largest absolute Gasteiger partial charge is 0.573 e. The van der Waals surface area contributed by atoms with E-state index in [0.717, 1.165) is 6.07 Å². The number of halogens is 4. The molecule has 1 aromatic rings. The summed E-state index contributed by atoms with van der Waals surface area (Å²) < 4.78 is 45.0. The fourth-order valence-electron chi connectivity index (χ4n) is 1.21. The van der Waals surface area contributed by atoms with Gasteiger partial charge in [-0.3, -0.25) is 4.98 Å². The second-order valence-electron chi connectivity index (χ2n) is 2.93. The summed E-state index contributed by atoms with van der Waals surface area (Å²) in [5.41, 5.74) is 0.290. The van der Waals surface area contributed by atoms with Crippen molar-refractivity contribution in [3.05, 3.63) is 17.5 Å². The van der Waals surface area contributed by atoms with Crippen molar-refractivity contribution in [2.24, 2.45) is 0 Å². The number of methoxy groups -OCH3 is 1. The Morgan fingerprint density at radius 3 is 2.53 bits per heavy atom. The summed E-state index contributed by atoms with van der Waals surface area (Å²) in [6.07, 6.45) is -4.83. The molecule has 0 atom stereocenters. The van der Waals surface area contributed by atoms with Crippen molar-refractivity contribution in [3.63, 3.8) is 0 Å². The van der Waals surface area contributed by atoms with Gasteiger partial charge in [-0.1, -0.05) is 15.9 Å². The van der Waals surface area contributed by atoms with E-state index in [4.69, 9.17) is 9.84 Å². The van der Waals surface area contributed by atoms with Crippen molar-refractivity contribution in [1.29, 1.82) is 0 Å². The van der Waals surface area contributed by atoms with Crippen LogP contribution in [0, 0.1) is 0 Å². The van der Waals surface area contributed by atoms with Gasteiger partial charge in [-0.25, -0.2) is 0 Å². The molecule has 0 saturated carbocycles. The van der Waals surface area contributed by atoms with E-state index < -0.39 is 18.7 Å². The predicted octanol–water partition coefficient (Wildman–Crippen LogP) is 2.38. The Balaban J connectivity index is 3.24. The Morgan fingerprint density at radius 2 is 2.12 bits per heavy atom. The number of hydrogen-bond donors (Lipinski definition) is 1. The molecule has 1 rings (SSSR count). The molecule has 0 aliphatic heterocycles. The highest BCUT2D eigenvalue weighted by Crippen LogP contribution is 2.35. The van der Waals surface area contributed by atoms with Crippen LogP contribution in [0.5, 0.6) is 11.5 Å². The third-order valence-corrected chi connectivity index (χ3v) is 2.35. The van der Waals surface area contributed by atoms with Crippen LogP contribution < -0.4 is 9.47 Å². The van der Waals surface area contributed by atoms with Crippen LogP contribution >= 0.6 is 15.9 Å². The van der Waals surface area contributed by atoms with E-state index in [-0.39, 0.29) is 16.8 Å². The highest BCUT2D eigenvalue weighted by Gasteiger charge is 2.33. The minimum atomic E-state index is -4.83. The second-order valence-corrected chi connectivity index (χ2v) is 3.49. The number of pyridine rings is 1. The molecule has 4 nitrogen and oxygen atoms in total. The predicted molar refractivity (Wildman–Crippen MR) is 56.0 cm³/mol. The fourth-order valence-corrected chi connectivity index (χ4v) is 1.50. The first-order valence-corrected chi connectivity index (χ1v) is 5.52. The zero-order valence-corrected chi connectivity index (χ0v) is 10.3. The molecular formula is C9H9BrF3NO3. The number of alkyl halides is 4. The molecule has 0 aliphatic rings. The molecule has 0 amide bonds. The molecule has 0 unspecified atom stereocenters. The Hall–Kier alpha value is -1.02. The van der Waals surface area contributed by atoms with Crippen LogP contribution in [-0.4, -0.2) is 23.6 Å². The van der Waals surface area contributed by atoms with Gasteiger partial charge in [-0.15, -0.1) is 13.2 Å². The molecule has 0 radical (unpaired) electrons. The van der Waals surface area contributed by atoms with Crippen LogP contribution in [0.2, 0.25) is 0 Å². The van der Waals surface area contributed by atoms with Gasteiger partial charge in [0.05, 0.1) is 19.4 Å². The molecule has 1 aromatic heterocycles. The number of aliphatic hydroxyl groups excluding tert-OH is 1. The van der Waals surface area contributed by atoms with Crippen LogP contribution in [0.4, 0.5) is 13.2 Å². The summed E-state index contributed by atoms with van der Waals surface area (Å²) in [5.74, 6) is -0.747. The van der Waals surface area contributed by atoms with Gasteiger partial charge in [0.25, 0.3) is 0 Å². The van der Waals surface area contributed by atoms with E-state index in [0.29, 0.717) is 5.69 Å². The van der Waals surface area contributed by atoms with Gasteiger partial charge in [-0.05, 0) is 0 Å². The summed E-state index contributed by atoms with van der Waals surface area (Å²) in [4.78, 5) is 3.90. The summed E-state index contributed by atoms with van der Waals surface area (Å²) >= 11 is 3.06. The quantitative estimate of drug-likeness (QED) is 0.867. The SMILES string of the molecule is COc1c(OC(F)(F)F)cc(CBr)nc1CO. The number of nitrogens with zero attached hydrogens (tertiary/aromatic N) is 1. The van der Waals surface area contributed by atoms with Crippen molar-refractivity contribution in [2.45, 2.75) is 18.3 Å². The average Bonchev–Trinajstić information content (AvgIpc) is 2.25. The summed E-state index contributed by atoms with van der Waals surface area (Å²) in [6, 6.07) is 1.10. The number of aliphatic hydroxyl groups is 1. The van der Waals surface area contributed by atoms with Gasteiger partial charge in [0, 0.05) is 11.4 Å². The topological polar surface area (TPSA) is 51.6 Å². The van der Waals surface area contributed by atoms with Gasteiger partial charge in [-0.2, -0.15) is 0 Å². The Labute approximate surface area is 103 Å². The fraction of sp³-hybridized carbons (Fsp3) is 0.444. The van der Waals surface area contributed by atoms with Gasteiger partial charge >= 0.3 is 6.36 Å². The lowest BCUT2D eigenvalue weighted by Crippen LogP contribution is -2.18. The first-order chi connectivity index (χ1) is 7.91. The van der Waals surface area contributed by atoms with Gasteiger partial charge < -0.3 is 14.6 Å². The number of hydrogen-bond acceptors (Lipinski definition) is 4. The van der Waals surface area contributed by atoms with Gasteiger partial charge in [0.1, 0.15) is 5.69 Å². The summed E-state index contributed by atoms with van der Waals surface area (Å²) in [7, 11) is 1.17. The Morgan fingerprint density at radius 1 is 1.47 bits per heavy atom. The highest BCUT2D eigenvalue weighted by atomic mass is 79.9. The molecule has 0 aliphatic carbocycles. The van der Waals surface area contributed by atoms with Crippen molar-refractivity contribution >= 4 is 15.9 Å². The monoisotopic (exact) mass is 315 g/mol. The third-order valence-electron chi connectivity index (χ3n) is 1.78. The zero-order chi connectivity index (χ0) is 13.1. The zero-order valence-electron chi connectivity index (χ0n) is 8.71. The van der Waals surface area contributed by atoms with Crippen molar-refractivity contribution in [3.8, 4) is 11.5 Å². The summed E-state index contributed by atoms with van der Waals surface area (Å²) in [6.45, 7) is -0.543. The molecule has 1 N–H and O–H groups in total. The molecular weight excluding hydrogens is 307 g/mol. The number of aromatic nitrogens is 1. The normalized spacial score (nSPS) is 11.4. The van der Waals surface area contributed by atoms with Crippen LogP contribution in [0.15, 0.2) is 6.07 Å². The van der Waals surface area contributed by atoms with Crippen molar-refractivity contribution in [2.75, 3.05) is 7.11 Å². The van der Waals surface area contributed by atoms with E-state index in [1.807, 2.05) is 0 Å². The lowest BCUT2D eigenvalue weighted by molar-refractivity contribution is -0.275. The standard InChI is InChI=1S/C9H9BrF3NO3/c1-16-8-6(4-15)14-5(3-10)2-7(8)17-9(11,12)13/h2,15H,3-4H2,1H3. The van der Waals surface area contributed by atoms with E-state index >= 15 is 0 Å². The molecule has 0 fully saturated rings. The Bertz CT molecular complexity index is 398. The molecule has 1 heterocycles. The summed E-state index contributed by atoms with van der Waals surface area (Å²) in [5, 5.41) is 9.23. The van der Waals surface area contributed by atoms with Crippen LogP contribution in [-0.2, 0) is 11.9 Å². The number of ether oxygens (including phenoxy) is 2. The minimum Gasteiger partial charge on any atom is -0.491 e. The molecule has 8 heteroatoms. The highest BCUT2D eigenvalue weighted by molar-refractivity contribution is 9.08. The molecule has 96 valence electrons. The maximum Gasteiger partial charge on any atom is 0.573 e. The lowest BCUT2D eigenvalue weighted by Gasteiger charge is -2.15. The first-order valence-electron chi connectivity index (χ1n) is 4.40. The average molecular weight is 316 g/mol. The minimum absolute atomic E-state index is 0.0105. The third kappa shape index (κ3) is 3.74. The molecule has 17 heavy (non-hydrogen) atoms. The Kier molecular flexibility index (Phi) is 4.58. The van der Waals surface area contributed by atoms with Gasteiger partial charge in [0.2, 0.25) is 0 Å². The molecule has 0 saturated heterocycles. The maximum absolute atomic E-state index is 12.2. The molecule has 0 spiro atoms. The van der Waals surface area contributed by atoms with E-state index in [1.54, 1.807) is 0 Å². The molecule has 0 aromatic carbocycles.